The van der Waals surface area contributed by atoms with E-state index < -0.39 is 0 Å². The second-order valence-electron chi connectivity index (χ2n) is 4.82. The molecule has 2 aromatic carbocycles. The zero-order valence-electron chi connectivity index (χ0n) is 11.6. The summed E-state index contributed by atoms with van der Waals surface area (Å²) in [6.45, 7) is 3.83. The molecule has 2 aromatic rings. The van der Waals surface area contributed by atoms with Gasteiger partial charge in [-0.1, -0.05) is 29.8 Å². The second kappa shape index (κ2) is 6.41. The summed E-state index contributed by atoms with van der Waals surface area (Å²) in [6, 6.07) is 9.34. The summed E-state index contributed by atoms with van der Waals surface area (Å²) < 4.78 is 14.8. The zero-order chi connectivity index (χ0) is 14.9. The molecule has 0 saturated heterocycles. The number of aryl methyl sites for hydroxylation is 2. The van der Waals surface area contributed by atoms with Crippen LogP contribution in [-0.4, -0.2) is 7.05 Å². The maximum atomic E-state index is 13.6. The van der Waals surface area contributed by atoms with E-state index in [2.05, 4.69) is 47.0 Å². The lowest BCUT2D eigenvalue weighted by Crippen LogP contribution is -2.19. The van der Waals surface area contributed by atoms with Crippen molar-refractivity contribution < 1.29 is 4.39 Å². The van der Waals surface area contributed by atoms with Gasteiger partial charge in [0.1, 0.15) is 5.82 Å². The fourth-order valence-electron chi connectivity index (χ4n) is 2.27. The summed E-state index contributed by atoms with van der Waals surface area (Å²) in [4.78, 5) is 0. The molecule has 0 aliphatic rings. The Balaban J connectivity index is 2.58. The van der Waals surface area contributed by atoms with Gasteiger partial charge >= 0.3 is 0 Å². The van der Waals surface area contributed by atoms with Gasteiger partial charge in [0.15, 0.2) is 0 Å². The van der Waals surface area contributed by atoms with E-state index in [0.29, 0.717) is 10.6 Å². The average molecular weight is 404 g/mol. The van der Waals surface area contributed by atoms with Gasteiger partial charge in [0, 0.05) is 8.59 Å². The summed E-state index contributed by atoms with van der Waals surface area (Å²) in [6.07, 6.45) is 0. The van der Waals surface area contributed by atoms with Crippen LogP contribution in [-0.2, 0) is 0 Å². The molecule has 20 heavy (non-hydrogen) atoms. The highest BCUT2D eigenvalue weighted by Crippen LogP contribution is 2.33. The molecule has 0 aromatic heterocycles. The molecule has 106 valence electrons. The van der Waals surface area contributed by atoms with Crippen molar-refractivity contribution in [1.29, 1.82) is 0 Å². The molecule has 0 radical (unpaired) electrons. The highest BCUT2D eigenvalue weighted by molar-refractivity contribution is 14.1. The van der Waals surface area contributed by atoms with Crippen LogP contribution in [0.5, 0.6) is 0 Å². The third kappa shape index (κ3) is 3.00. The van der Waals surface area contributed by atoms with Crippen LogP contribution < -0.4 is 5.32 Å². The van der Waals surface area contributed by atoms with Crippen molar-refractivity contribution in [2.75, 3.05) is 7.05 Å². The first-order chi connectivity index (χ1) is 9.45. The van der Waals surface area contributed by atoms with Crippen LogP contribution in [0.4, 0.5) is 4.39 Å². The lowest BCUT2D eigenvalue weighted by molar-refractivity contribution is 0.614. The summed E-state index contributed by atoms with van der Waals surface area (Å²) >= 11 is 8.57. The molecule has 2 rings (SSSR count). The van der Waals surface area contributed by atoms with Gasteiger partial charge in [-0.3, -0.25) is 0 Å². The fourth-order valence-corrected chi connectivity index (χ4v) is 3.20. The molecule has 0 aliphatic carbocycles. The Morgan fingerprint density at radius 2 is 1.85 bits per heavy atom. The summed E-state index contributed by atoms with van der Waals surface area (Å²) in [5.74, 6) is -0.271. The molecule has 1 unspecified atom stereocenters. The highest BCUT2D eigenvalue weighted by atomic mass is 127. The van der Waals surface area contributed by atoms with Gasteiger partial charge in [0.25, 0.3) is 0 Å². The summed E-state index contributed by atoms with van der Waals surface area (Å²) in [5, 5.41) is 3.73. The Labute approximate surface area is 137 Å². The van der Waals surface area contributed by atoms with Crippen molar-refractivity contribution >= 4 is 34.2 Å². The van der Waals surface area contributed by atoms with E-state index in [-0.39, 0.29) is 11.9 Å². The third-order valence-electron chi connectivity index (χ3n) is 3.41. The average Bonchev–Trinajstić information content (AvgIpc) is 2.41. The van der Waals surface area contributed by atoms with Crippen LogP contribution in [0.2, 0.25) is 5.02 Å². The molecule has 0 spiro atoms. The first-order valence-electron chi connectivity index (χ1n) is 6.33. The Morgan fingerprint density at radius 3 is 2.50 bits per heavy atom. The second-order valence-corrected chi connectivity index (χ2v) is 6.31. The summed E-state index contributed by atoms with van der Waals surface area (Å²) in [5.41, 5.74) is 3.88. The van der Waals surface area contributed by atoms with Crippen molar-refractivity contribution in [2.45, 2.75) is 19.9 Å². The minimum atomic E-state index is -0.271. The third-order valence-corrected chi connectivity index (χ3v) is 5.21. The van der Waals surface area contributed by atoms with E-state index in [1.54, 1.807) is 6.92 Å². The smallest absolute Gasteiger partial charge is 0.127 e. The van der Waals surface area contributed by atoms with E-state index in [1.165, 1.54) is 15.2 Å². The van der Waals surface area contributed by atoms with Crippen molar-refractivity contribution in [3.8, 4) is 0 Å². The Morgan fingerprint density at radius 1 is 1.15 bits per heavy atom. The number of rotatable bonds is 3. The number of hydrogen-bond acceptors (Lipinski definition) is 1. The molecule has 4 heteroatoms. The molecule has 0 aliphatic heterocycles. The van der Waals surface area contributed by atoms with Gasteiger partial charge in [-0.2, -0.15) is 0 Å². The van der Waals surface area contributed by atoms with Gasteiger partial charge in [-0.15, -0.1) is 0 Å². The molecular formula is C16H16ClFIN. The number of halogens is 3. The standard InChI is InChI=1S/C16H16ClFIN/c1-9-5-4-6-11(15(9)19)16(20-3)12-7-10(2)14(18)8-13(12)17/h4-8,16,20H,1-3H3. The SMILES string of the molecule is CNC(c1cc(C)c(F)cc1Cl)c1cccc(C)c1I. The quantitative estimate of drug-likeness (QED) is 0.711. The lowest BCUT2D eigenvalue weighted by Gasteiger charge is -2.21. The van der Waals surface area contributed by atoms with E-state index >= 15 is 0 Å². The van der Waals surface area contributed by atoms with E-state index in [0.717, 1.165) is 11.1 Å². The van der Waals surface area contributed by atoms with Crippen molar-refractivity contribution in [3.63, 3.8) is 0 Å². The Kier molecular flexibility index (Phi) is 5.04. The predicted molar refractivity (Wildman–Crippen MR) is 90.9 cm³/mol. The molecule has 1 atom stereocenters. The van der Waals surface area contributed by atoms with E-state index in [4.69, 9.17) is 11.6 Å². The molecule has 0 fully saturated rings. The van der Waals surface area contributed by atoms with Crippen LogP contribution in [0.15, 0.2) is 30.3 Å². The van der Waals surface area contributed by atoms with Crippen LogP contribution in [0.25, 0.3) is 0 Å². The number of nitrogens with one attached hydrogen (secondary N) is 1. The minimum absolute atomic E-state index is 0.0476. The molecular weight excluding hydrogens is 388 g/mol. The molecule has 0 saturated carbocycles. The van der Waals surface area contributed by atoms with Gasteiger partial charge in [0.2, 0.25) is 0 Å². The lowest BCUT2D eigenvalue weighted by atomic mass is 9.96. The van der Waals surface area contributed by atoms with E-state index in [9.17, 15) is 4.39 Å². The maximum Gasteiger partial charge on any atom is 0.127 e. The predicted octanol–water partition coefficient (Wildman–Crippen LogP) is 5.01. The normalized spacial score (nSPS) is 12.5. The molecule has 0 heterocycles. The zero-order valence-corrected chi connectivity index (χ0v) is 14.5. The molecule has 1 nitrogen and oxygen atoms in total. The van der Waals surface area contributed by atoms with Gasteiger partial charge in [0.05, 0.1) is 6.04 Å². The Hall–Kier alpha value is -0.650. The molecule has 1 N–H and O–H groups in total. The maximum absolute atomic E-state index is 13.6. The Bertz CT molecular complexity index is 643. The minimum Gasteiger partial charge on any atom is -0.309 e. The first-order valence-corrected chi connectivity index (χ1v) is 7.79. The van der Waals surface area contributed by atoms with Gasteiger partial charge < -0.3 is 5.32 Å². The van der Waals surface area contributed by atoms with Gasteiger partial charge in [-0.05, 0) is 77.9 Å². The van der Waals surface area contributed by atoms with Crippen LogP contribution in [0.3, 0.4) is 0 Å². The number of hydrogen-bond donors (Lipinski definition) is 1. The highest BCUT2D eigenvalue weighted by Gasteiger charge is 2.19. The van der Waals surface area contributed by atoms with Crippen LogP contribution in [0, 0.1) is 23.2 Å². The van der Waals surface area contributed by atoms with E-state index in [1.807, 2.05) is 19.2 Å². The molecule has 0 bridgehead atoms. The van der Waals surface area contributed by atoms with Gasteiger partial charge in [-0.25, -0.2) is 4.39 Å². The molecule has 0 amide bonds. The van der Waals surface area contributed by atoms with Crippen LogP contribution in [0.1, 0.15) is 28.3 Å². The number of benzene rings is 2. The topological polar surface area (TPSA) is 12.0 Å². The largest absolute Gasteiger partial charge is 0.309 e. The van der Waals surface area contributed by atoms with Crippen LogP contribution >= 0.6 is 34.2 Å². The van der Waals surface area contributed by atoms with Crippen molar-refractivity contribution in [2.24, 2.45) is 0 Å². The first kappa shape index (κ1) is 15.7. The monoisotopic (exact) mass is 403 g/mol. The fraction of sp³-hybridized carbons (Fsp3) is 0.250. The van der Waals surface area contributed by atoms with Crippen molar-refractivity contribution in [3.05, 3.63) is 67.0 Å². The summed E-state index contributed by atoms with van der Waals surface area (Å²) in [7, 11) is 1.89. The van der Waals surface area contributed by atoms with Crippen molar-refractivity contribution in [1.82, 2.24) is 5.32 Å².